The van der Waals surface area contributed by atoms with E-state index in [2.05, 4.69) is 19.1 Å². The van der Waals surface area contributed by atoms with Gasteiger partial charge in [0.05, 0.1) is 10.6 Å². The third-order valence-corrected chi connectivity index (χ3v) is 4.80. The minimum absolute atomic E-state index is 0.0548. The van der Waals surface area contributed by atoms with Crippen molar-refractivity contribution in [3.8, 4) is 0 Å². The Labute approximate surface area is 139 Å². The standard InChI is InChI=1S/C18H15NOS2/c1-2-13-8-10-14(11-9-13)12-16-17(20)19(18(21)22-16)15-6-4-3-5-7-15/h3-12H,2H2,1H3/b16-12+. The number of amides is 1. The molecule has 3 rings (SSSR count). The molecule has 1 aliphatic heterocycles. The molecule has 0 aromatic heterocycles. The van der Waals surface area contributed by atoms with Gasteiger partial charge in [0.25, 0.3) is 5.91 Å². The Kier molecular flexibility index (Phi) is 4.41. The minimum atomic E-state index is -0.0548. The van der Waals surface area contributed by atoms with Crippen LogP contribution in [0.15, 0.2) is 59.5 Å². The van der Waals surface area contributed by atoms with Crippen molar-refractivity contribution >= 4 is 46.0 Å². The van der Waals surface area contributed by atoms with Gasteiger partial charge >= 0.3 is 0 Å². The number of carbonyl (C=O) groups is 1. The molecule has 1 saturated heterocycles. The van der Waals surface area contributed by atoms with Crippen LogP contribution in [0, 0.1) is 0 Å². The van der Waals surface area contributed by atoms with Crippen LogP contribution in [0.2, 0.25) is 0 Å². The highest BCUT2D eigenvalue weighted by atomic mass is 32.2. The highest BCUT2D eigenvalue weighted by molar-refractivity contribution is 8.27. The van der Waals surface area contributed by atoms with Gasteiger partial charge in [-0.1, -0.05) is 73.4 Å². The molecular weight excluding hydrogens is 310 g/mol. The molecule has 4 heteroatoms. The summed E-state index contributed by atoms with van der Waals surface area (Å²) < 4.78 is 0.577. The average Bonchev–Trinajstić information content (AvgIpc) is 2.83. The van der Waals surface area contributed by atoms with Crippen molar-refractivity contribution in [3.05, 3.63) is 70.6 Å². The molecule has 110 valence electrons. The van der Waals surface area contributed by atoms with Crippen LogP contribution in [-0.2, 0) is 11.2 Å². The molecular formula is C18H15NOS2. The number of hydrogen-bond acceptors (Lipinski definition) is 3. The molecule has 0 spiro atoms. The van der Waals surface area contributed by atoms with E-state index in [9.17, 15) is 4.79 Å². The summed E-state index contributed by atoms with van der Waals surface area (Å²) in [5.74, 6) is -0.0548. The first kappa shape index (κ1) is 15.0. The number of aryl methyl sites for hydroxylation is 1. The maximum atomic E-state index is 12.6. The molecule has 0 saturated carbocycles. The Hall–Kier alpha value is -1.91. The van der Waals surface area contributed by atoms with Crippen LogP contribution in [0.25, 0.3) is 6.08 Å². The predicted molar refractivity (Wildman–Crippen MR) is 97.9 cm³/mol. The molecule has 0 N–H and O–H groups in total. The maximum Gasteiger partial charge on any atom is 0.270 e. The predicted octanol–water partition coefficient (Wildman–Crippen LogP) is 4.65. The van der Waals surface area contributed by atoms with Crippen molar-refractivity contribution in [2.24, 2.45) is 0 Å². The zero-order valence-corrected chi connectivity index (χ0v) is 13.8. The number of rotatable bonds is 3. The van der Waals surface area contributed by atoms with Crippen molar-refractivity contribution in [3.63, 3.8) is 0 Å². The van der Waals surface area contributed by atoms with Crippen molar-refractivity contribution in [2.75, 3.05) is 4.90 Å². The summed E-state index contributed by atoms with van der Waals surface area (Å²) in [5.41, 5.74) is 3.12. The second kappa shape index (κ2) is 6.46. The SMILES string of the molecule is CCc1ccc(/C=C2/SC(=S)N(c3ccccc3)C2=O)cc1. The fourth-order valence-electron chi connectivity index (χ4n) is 2.27. The topological polar surface area (TPSA) is 20.3 Å². The second-order valence-corrected chi connectivity index (χ2v) is 6.62. The highest BCUT2D eigenvalue weighted by Gasteiger charge is 2.33. The van der Waals surface area contributed by atoms with E-state index < -0.39 is 0 Å². The van der Waals surface area contributed by atoms with E-state index in [0.29, 0.717) is 9.23 Å². The Morgan fingerprint density at radius 1 is 1.09 bits per heavy atom. The number of anilines is 1. The van der Waals surface area contributed by atoms with Crippen molar-refractivity contribution in [2.45, 2.75) is 13.3 Å². The lowest BCUT2D eigenvalue weighted by Gasteiger charge is -2.13. The number of para-hydroxylation sites is 1. The van der Waals surface area contributed by atoms with Gasteiger partial charge in [-0.3, -0.25) is 9.69 Å². The van der Waals surface area contributed by atoms with E-state index in [1.54, 1.807) is 4.90 Å². The van der Waals surface area contributed by atoms with Crippen molar-refractivity contribution in [1.29, 1.82) is 0 Å². The molecule has 1 fully saturated rings. The van der Waals surface area contributed by atoms with Crippen LogP contribution in [-0.4, -0.2) is 10.2 Å². The van der Waals surface area contributed by atoms with E-state index in [1.165, 1.54) is 17.3 Å². The van der Waals surface area contributed by atoms with E-state index >= 15 is 0 Å². The first-order valence-corrected chi connectivity index (χ1v) is 8.33. The average molecular weight is 325 g/mol. The monoisotopic (exact) mass is 325 g/mol. The Bertz CT molecular complexity index is 735. The number of nitrogens with zero attached hydrogens (tertiary/aromatic N) is 1. The van der Waals surface area contributed by atoms with Gasteiger partial charge in [-0.2, -0.15) is 0 Å². The van der Waals surface area contributed by atoms with Crippen LogP contribution < -0.4 is 4.90 Å². The number of thiocarbonyl (C=S) groups is 1. The van der Waals surface area contributed by atoms with E-state index in [1.807, 2.05) is 48.5 Å². The Morgan fingerprint density at radius 3 is 2.41 bits per heavy atom. The minimum Gasteiger partial charge on any atom is -0.268 e. The number of benzene rings is 2. The number of thioether (sulfide) groups is 1. The largest absolute Gasteiger partial charge is 0.270 e. The summed E-state index contributed by atoms with van der Waals surface area (Å²) in [5, 5.41) is 0. The lowest BCUT2D eigenvalue weighted by atomic mass is 10.1. The molecule has 0 aliphatic carbocycles. The van der Waals surface area contributed by atoms with Crippen molar-refractivity contribution in [1.82, 2.24) is 0 Å². The summed E-state index contributed by atoms with van der Waals surface area (Å²) in [7, 11) is 0. The molecule has 1 amide bonds. The van der Waals surface area contributed by atoms with Gasteiger partial charge in [-0.15, -0.1) is 0 Å². The van der Waals surface area contributed by atoms with Gasteiger partial charge in [-0.25, -0.2) is 0 Å². The molecule has 2 aromatic rings. The van der Waals surface area contributed by atoms with Gasteiger partial charge < -0.3 is 0 Å². The quantitative estimate of drug-likeness (QED) is 0.605. The van der Waals surface area contributed by atoms with Gasteiger partial charge in [0.15, 0.2) is 4.32 Å². The van der Waals surface area contributed by atoms with Gasteiger partial charge in [0, 0.05) is 0 Å². The molecule has 2 nitrogen and oxygen atoms in total. The normalized spacial score (nSPS) is 16.6. The zero-order chi connectivity index (χ0) is 15.5. The van der Waals surface area contributed by atoms with Crippen LogP contribution >= 0.6 is 24.0 Å². The van der Waals surface area contributed by atoms with Gasteiger partial charge in [-0.05, 0) is 35.8 Å². The molecule has 22 heavy (non-hydrogen) atoms. The first-order valence-electron chi connectivity index (χ1n) is 7.11. The molecule has 0 atom stereocenters. The summed E-state index contributed by atoms with van der Waals surface area (Å²) in [4.78, 5) is 14.8. The van der Waals surface area contributed by atoms with Crippen LogP contribution in [0.3, 0.4) is 0 Å². The van der Waals surface area contributed by atoms with E-state index in [-0.39, 0.29) is 5.91 Å². The molecule has 0 unspecified atom stereocenters. The zero-order valence-electron chi connectivity index (χ0n) is 12.2. The second-order valence-electron chi connectivity index (χ2n) is 4.95. The smallest absolute Gasteiger partial charge is 0.268 e. The third kappa shape index (κ3) is 2.98. The number of carbonyl (C=O) groups excluding carboxylic acids is 1. The highest BCUT2D eigenvalue weighted by Crippen LogP contribution is 2.35. The third-order valence-electron chi connectivity index (χ3n) is 3.49. The van der Waals surface area contributed by atoms with Crippen LogP contribution in [0.5, 0.6) is 0 Å². The molecule has 1 aliphatic rings. The lowest BCUT2D eigenvalue weighted by molar-refractivity contribution is -0.113. The van der Waals surface area contributed by atoms with Crippen molar-refractivity contribution < 1.29 is 4.79 Å². The lowest BCUT2D eigenvalue weighted by Crippen LogP contribution is -2.27. The first-order chi connectivity index (χ1) is 10.7. The maximum absolute atomic E-state index is 12.6. The fourth-order valence-corrected chi connectivity index (χ4v) is 3.57. The summed E-state index contributed by atoms with van der Waals surface area (Å²) in [6.45, 7) is 2.12. The van der Waals surface area contributed by atoms with Crippen LogP contribution in [0.4, 0.5) is 5.69 Å². The molecule has 0 radical (unpaired) electrons. The van der Waals surface area contributed by atoms with Crippen LogP contribution in [0.1, 0.15) is 18.1 Å². The number of hydrogen-bond donors (Lipinski definition) is 0. The Morgan fingerprint density at radius 2 is 1.77 bits per heavy atom. The molecule has 1 heterocycles. The fraction of sp³-hybridized carbons (Fsp3) is 0.111. The van der Waals surface area contributed by atoms with E-state index in [0.717, 1.165) is 17.7 Å². The molecule has 2 aromatic carbocycles. The summed E-state index contributed by atoms with van der Waals surface area (Å²) in [6.07, 6.45) is 2.91. The van der Waals surface area contributed by atoms with Gasteiger partial charge in [0.2, 0.25) is 0 Å². The van der Waals surface area contributed by atoms with E-state index in [4.69, 9.17) is 12.2 Å². The summed E-state index contributed by atoms with van der Waals surface area (Å²) in [6, 6.07) is 17.8. The Balaban J connectivity index is 1.88. The van der Waals surface area contributed by atoms with Gasteiger partial charge in [0.1, 0.15) is 0 Å². The summed E-state index contributed by atoms with van der Waals surface area (Å²) >= 11 is 6.71. The molecule has 0 bridgehead atoms.